The molecule has 0 saturated heterocycles. The van der Waals surface area contributed by atoms with E-state index in [1.165, 1.54) is 19.5 Å². The number of anilines is 1. The third-order valence-corrected chi connectivity index (χ3v) is 6.18. The second-order valence-corrected chi connectivity index (χ2v) is 8.83. The number of benzene rings is 2. The molecule has 2 aromatic carbocycles. The number of nitrogens with zero attached hydrogens (tertiary/aromatic N) is 5. The zero-order valence-corrected chi connectivity index (χ0v) is 21.2. The van der Waals surface area contributed by atoms with Crippen molar-refractivity contribution in [3.63, 3.8) is 0 Å². The second kappa shape index (κ2) is 11.4. The van der Waals surface area contributed by atoms with Gasteiger partial charge in [-0.3, -0.25) is 25.3 Å². The molecule has 13 heteroatoms. The van der Waals surface area contributed by atoms with Crippen LogP contribution in [0.5, 0.6) is 11.5 Å². The minimum atomic E-state index is -0.837. The van der Waals surface area contributed by atoms with Crippen LogP contribution < -0.4 is 31.6 Å². The van der Waals surface area contributed by atoms with Crippen molar-refractivity contribution in [3.8, 4) is 11.5 Å². The predicted molar refractivity (Wildman–Crippen MR) is 145 cm³/mol. The Morgan fingerprint density at radius 2 is 1.95 bits per heavy atom. The lowest BCUT2D eigenvalue weighted by Gasteiger charge is -2.28. The van der Waals surface area contributed by atoms with E-state index in [0.717, 1.165) is 11.1 Å². The molecule has 0 saturated carbocycles. The van der Waals surface area contributed by atoms with Crippen LogP contribution in [0.15, 0.2) is 64.8 Å². The highest BCUT2D eigenvalue weighted by atomic mass is 16.5. The number of carbonyl (C=O) groups is 1. The van der Waals surface area contributed by atoms with Crippen LogP contribution in [-0.2, 0) is 0 Å². The van der Waals surface area contributed by atoms with Crippen molar-refractivity contribution >= 4 is 29.3 Å². The van der Waals surface area contributed by atoms with Gasteiger partial charge in [0.05, 0.1) is 25.4 Å². The minimum absolute atomic E-state index is 0.0127. The molecule has 1 amide bonds. The number of nitrogens with two attached hydrogens (primary N) is 2. The van der Waals surface area contributed by atoms with Gasteiger partial charge < -0.3 is 26.0 Å². The molecule has 2 atom stereocenters. The largest absolute Gasteiger partial charge is 0.491 e. The van der Waals surface area contributed by atoms with Crippen molar-refractivity contribution in [3.05, 3.63) is 71.5 Å². The van der Waals surface area contributed by atoms with E-state index in [9.17, 15) is 9.90 Å². The Balaban J connectivity index is 1.31. The van der Waals surface area contributed by atoms with Crippen LogP contribution in [0.1, 0.15) is 27.7 Å². The first-order valence-electron chi connectivity index (χ1n) is 12.3. The first kappa shape index (κ1) is 26.0. The fourth-order valence-electron chi connectivity index (χ4n) is 4.22. The molecule has 0 bridgehead atoms. The Morgan fingerprint density at radius 3 is 2.69 bits per heavy atom. The lowest BCUT2D eigenvalue weighted by Crippen LogP contribution is -2.47. The lowest BCUT2D eigenvalue weighted by molar-refractivity contribution is 0.0973. The standard InChI is InChI=1S/C26H29N9O4/c1-38-21-19(39-14-17(36)13-30-22(27)15-5-3-2-4-6-15)8-7-18-20(21)33-26(35-10-9-29-23(18)35)34-24(37)16-11-31-25(28)32-12-16/h2-8,11-12,17,22,30,36H,9-10,13-14,27H2,1H3,(H2,28,31,32)(H,33,34,37)/t17?,22-/m1/s1. The van der Waals surface area contributed by atoms with E-state index in [2.05, 4.69) is 25.6 Å². The lowest BCUT2D eigenvalue weighted by atomic mass is 10.1. The molecule has 1 unspecified atom stereocenters. The van der Waals surface area contributed by atoms with Gasteiger partial charge in [0.1, 0.15) is 24.2 Å². The number of amidine groups is 1. The highest BCUT2D eigenvalue weighted by Crippen LogP contribution is 2.43. The Morgan fingerprint density at radius 1 is 1.18 bits per heavy atom. The SMILES string of the molecule is COc1c(OCC(O)CN[C@@H](N)c2ccccc2)ccc2c1N=C(NC(=O)c1cnc(N)nc1)N1CCN=C21. The van der Waals surface area contributed by atoms with Gasteiger partial charge in [-0.25, -0.2) is 15.0 Å². The maximum Gasteiger partial charge on any atom is 0.261 e. The molecule has 0 aliphatic carbocycles. The second-order valence-electron chi connectivity index (χ2n) is 8.83. The molecule has 202 valence electrons. The van der Waals surface area contributed by atoms with E-state index in [0.29, 0.717) is 36.1 Å². The molecule has 0 fully saturated rings. The summed E-state index contributed by atoms with van der Waals surface area (Å²) in [6.07, 6.45) is 1.42. The number of nitrogens with one attached hydrogen (secondary N) is 2. The summed E-state index contributed by atoms with van der Waals surface area (Å²) in [4.78, 5) is 31.7. The monoisotopic (exact) mass is 531 g/mol. The molecule has 39 heavy (non-hydrogen) atoms. The summed E-state index contributed by atoms with van der Waals surface area (Å²) in [6, 6.07) is 13.1. The third kappa shape index (κ3) is 5.65. The fourth-order valence-corrected chi connectivity index (χ4v) is 4.22. The number of ether oxygens (including phenoxy) is 2. The summed E-state index contributed by atoms with van der Waals surface area (Å²) >= 11 is 0. The first-order chi connectivity index (χ1) is 18.9. The molecular weight excluding hydrogens is 502 g/mol. The number of aromatic nitrogens is 2. The molecule has 1 aromatic heterocycles. The van der Waals surface area contributed by atoms with Crippen molar-refractivity contribution in [2.75, 3.05) is 39.1 Å². The van der Waals surface area contributed by atoms with Crippen LogP contribution in [0.2, 0.25) is 0 Å². The van der Waals surface area contributed by atoms with E-state index in [1.54, 1.807) is 6.07 Å². The summed E-state index contributed by atoms with van der Waals surface area (Å²) in [6.45, 7) is 1.30. The maximum atomic E-state index is 12.8. The maximum absolute atomic E-state index is 12.8. The summed E-state index contributed by atoms with van der Waals surface area (Å²) in [5.74, 6) is 1.31. The number of hydrogen-bond acceptors (Lipinski definition) is 12. The molecule has 3 heterocycles. The molecule has 0 spiro atoms. The summed E-state index contributed by atoms with van der Waals surface area (Å²) in [5.41, 5.74) is 14.0. The zero-order valence-electron chi connectivity index (χ0n) is 21.2. The highest BCUT2D eigenvalue weighted by molar-refractivity contribution is 6.20. The van der Waals surface area contributed by atoms with Gasteiger partial charge in [-0.2, -0.15) is 0 Å². The van der Waals surface area contributed by atoms with E-state index < -0.39 is 18.2 Å². The molecule has 3 aromatic rings. The van der Waals surface area contributed by atoms with Gasteiger partial charge in [-0.1, -0.05) is 30.3 Å². The van der Waals surface area contributed by atoms with Crippen molar-refractivity contribution in [1.29, 1.82) is 0 Å². The van der Waals surface area contributed by atoms with Crippen LogP contribution in [0, 0.1) is 0 Å². The molecule has 0 radical (unpaired) electrons. The van der Waals surface area contributed by atoms with E-state index >= 15 is 0 Å². The average Bonchev–Trinajstić information content (AvgIpc) is 3.46. The summed E-state index contributed by atoms with van der Waals surface area (Å²) in [5, 5.41) is 16.4. The Kier molecular flexibility index (Phi) is 7.63. The van der Waals surface area contributed by atoms with Gasteiger partial charge >= 0.3 is 0 Å². The number of aliphatic hydroxyl groups excluding tert-OH is 1. The van der Waals surface area contributed by atoms with Crippen molar-refractivity contribution < 1.29 is 19.4 Å². The van der Waals surface area contributed by atoms with Gasteiger partial charge in [-0.05, 0) is 17.7 Å². The minimum Gasteiger partial charge on any atom is -0.491 e. The van der Waals surface area contributed by atoms with E-state index in [4.69, 9.17) is 25.9 Å². The number of rotatable bonds is 9. The van der Waals surface area contributed by atoms with Gasteiger partial charge in [0.25, 0.3) is 5.91 Å². The van der Waals surface area contributed by atoms with Crippen molar-refractivity contribution in [2.24, 2.45) is 15.7 Å². The Labute approximate surface area is 224 Å². The number of aliphatic imine (C=N–C) groups is 2. The van der Waals surface area contributed by atoms with Gasteiger partial charge in [0, 0.05) is 31.0 Å². The van der Waals surface area contributed by atoms with E-state index in [1.807, 2.05) is 41.3 Å². The number of amides is 1. The number of hydrogen-bond donors (Lipinski definition) is 5. The quantitative estimate of drug-likeness (QED) is 0.244. The summed E-state index contributed by atoms with van der Waals surface area (Å²) < 4.78 is 11.6. The zero-order chi connectivity index (χ0) is 27.4. The van der Waals surface area contributed by atoms with Gasteiger partial charge in [0.15, 0.2) is 11.5 Å². The average molecular weight is 532 g/mol. The van der Waals surface area contributed by atoms with Crippen LogP contribution in [0.25, 0.3) is 0 Å². The van der Waals surface area contributed by atoms with Crippen LogP contribution in [0.4, 0.5) is 11.6 Å². The number of methoxy groups -OCH3 is 1. The normalized spacial score (nSPS) is 15.4. The first-order valence-corrected chi connectivity index (χ1v) is 12.3. The molecule has 2 aliphatic rings. The number of carbonyl (C=O) groups excluding carboxylic acids is 1. The molecule has 2 aliphatic heterocycles. The van der Waals surface area contributed by atoms with Crippen LogP contribution >= 0.6 is 0 Å². The van der Waals surface area contributed by atoms with Crippen LogP contribution in [-0.4, -0.2) is 77.1 Å². The molecule has 7 N–H and O–H groups in total. The summed E-state index contributed by atoms with van der Waals surface area (Å²) in [7, 11) is 1.50. The molecule has 5 rings (SSSR count). The smallest absolute Gasteiger partial charge is 0.261 e. The Hall–Kier alpha value is -4.59. The molecular formula is C26H29N9O4. The number of guanidine groups is 1. The highest BCUT2D eigenvalue weighted by Gasteiger charge is 2.33. The molecule has 13 nitrogen and oxygen atoms in total. The fraction of sp³-hybridized carbons (Fsp3) is 0.269. The van der Waals surface area contributed by atoms with E-state index in [-0.39, 0.29) is 30.6 Å². The van der Waals surface area contributed by atoms with Crippen molar-refractivity contribution in [1.82, 2.24) is 25.5 Å². The third-order valence-electron chi connectivity index (χ3n) is 6.18. The number of nitrogen functional groups attached to an aromatic ring is 1. The van der Waals surface area contributed by atoms with Crippen molar-refractivity contribution in [2.45, 2.75) is 12.3 Å². The topological polar surface area (TPSA) is 186 Å². The Bertz CT molecular complexity index is 1400. The van der Waals surface area contributed by atoms with Gasteiger partial charge in [-0.15, -0.1) is 0 Å². The van der Waals surface area contributed by atoms with Gasteiger partial charge in [0.2, 0.25) is 11.9 Å². The number of aliphatic hydroxyl groups is 1. The van der Waals surface area contributed by atoms with Crippen LogP contribution in [0.3, 0.4) is 0 Å². The predicted octanol–water partition coefficient (Wildman–Crippen LogP) is 0.548. The number of fused-ring (bicyclic) bond motifs is 3.